The number of aliphatic carboxylic acids is 1. The zero-order valence-corrected chi connectivity index (χ0v) is 10.1. The molecular weight excluding hydrogens is 224 g/mol. The molecular formula is C11H16N2O4. The molecule has 0 aliphatic rings. The molecule has 6 nitrogen and oxygen atoms in total. The summed E-state index contributed by atoms with van der Waals surface area (Å²) in [6, 6.07) is -0.861. The van der Waals surface area contributed by atoms with Crippen LogP contribution in [0.5, 0.6) is 0 Å². The molecule has 94 valence electrons. The number of aryl methyl sites for hydroxylation is 2. The molecule has 0 aliphatic carbocycles. The van der Waals surface area contributed by atoms with Crippen LogP contribution in [0.1, 0.15) is 30.7 Å². The van der Waals surface area contributed by atoms with Gasteiger partial charge in [-0.1, -0.05) is 6.92 Å². The van der Waals surface area contributed by atoms with Crippen LogP contribution in [0.3, 0.4) is 0 Å². The fourth-order valence-electron chi connectivity index (χ4n) is 1.34. The molecule has 0 radical (unpaired) electrons. The van der Waals surface area contributed by atoms with E-state index in [1.165, 1.54) is 0 Å². The lowest BCUT2D eigenvalue weighted by atomic mass is 10.2. The Labute approximate surface area is 99.0 Å². The van der Waals surface area contributed by atoms with E-state index in [4.69, 9.17) is 9.52 Å². The molecule has 1 unspecified atom stereocenters. The van der Waals surface area contributed by atoms with Gasteiger partial charge in [-0.3, -0.25) is 4.79 Å². The van der Waals surface area contributed by atoms with Crippen molar-refractivity contribution in [2.24, 2.45) is 0 Å². The minimum atomic E-state index is -1.04. The van der Waals surface area contributed by atoms with Gasteiger partial charge in [0.2, 0.25) is 11.8 Å². The summed E-state index contributed by atoms with van der Waals surface area (Å²) in [6.07, 6.45) is 0.295. The van der Waals surface area contributed by atoms with Crippen molar-refractivity contribution in [2.75, 3.05) is 0 Å². The highest BCUT2D eigenvalue weighted by atomic mass is 16.4. The van der Waals surface area contributed by atoms with Crippen LogP contribution >= 0.6 is 0 Å². The Morgan fingerprint density at radius 2 is 2.12 bits per heavy atom. The largest absolute Gasteiger partial charge is 0.480 e. The number of hydrogen-bond acceptors (Lipinski definition) is 4. The number of hydrogen-bond donors (Lipinski definition) is 2. The van der Waals surface area contributed by atoms with Crippen LogP contribution < -0.4 is 5.32 Å². The quantitative estimate of drug-likeness (QED) is 0.794. The van der Waals surface area contributed by atoms with Crippen LogP contribution in [0.2, 0.25) is 0 Å². The fourth-order valence-corrected chi connectivity index (χ4v) is 1.34. The topological polar surface area (TPSA) is 92.4 Å². The second kappa shape index (κ2) is 5.47. The Morgan fingerprint density at radius 1 is 1.47 bits per heavy atom. The number of nitrogens with one attached hydrogen (secondary N) is 1. The maximum atomic E-state index is 11.5. The van der Waals surface area contributed by atoms with Crippen molar-refractivity contribution in [3.8, 4) is 0 Å². The third-order valence-corrected chi connectivity index (χ3v) is 2.43. The molecule has 1 aromatic heterocycles. The Morgan fingerprint density at radius 3 is 2.53 bits per heavy atom. The van der Waals surface area contributed by atoms with Gasteiger partial charge in [0.15, 0.2) is 0 Å². The molecule has 2 N–H and O–H groups in total. The second-order valence-corrected chi connectivity index (χ2v) is 3.79. The Kier molecular flexibility index (Phi) is 4.25. The molecule has 0 fully saturated rings. The standard InChI is InChI=1S/C11H16N2O4/c1-4-8(11(15)16)13-9(14)5-10-12-6(2)7(3)17-10/h8H,4-5H2,1-3H3,(H,13,14)(H,15,16). The number of rotatable bonds is 5. The highest BCUT2D eigenvalue weighted by Crippen LogP contribution is 2.08. The van der Waals surface area contributed by atoms with Crippen molar-refractivity contribution in [1.29, 1.82) is 0 Å². The predicted octanol–water partition coefficient (Wildman–Crippen LogP) is 0.813. The first kappa shape index (κ1) is 13.2. The van der Waals surface area contributed by atoms with Gasteiger partial charge < -0.3 is 14.8 Å². The number of carbonyl (C=O) groups excluding carboxylic acids is 1. The molecule has 17 heavy (non-hydrogen) atoms. The SMILES string of the molecule is CCC(NC(=O)Cc1nc(C)c(C)o1)C(=O)O. The highest BCUT2D eigenvalue weighted by molar-refractivity contribution is 5.84. The van der Waals surface area contributed by atoms with Gasteiger partial charge in [-0.05, 0) is 20.3 Å². The molecule has 0 bridgehead atoms. The minimum absolute atomic E-state index is 0.0432. The number of nitrogens with zero attached hydrogens (tertiary/aromatic N) is 1. The number of carboxylic acids is 1. The van der Waals surface area contributed by atoms with Gasteiger partial charge in [0, 0.05) is 0 Å². The zero-order valence-electron chi connectivity index (χ0n) is 10.1. The molecule has 1 atom stereocenters. The van der Waals surface area contributed by atoms with E-state index < -0.39 is 17.9 Å². The molecule has 0 saturated carbocycles. The number of carbonyl (C=O) groups is 2. The average Bonchev–Trinajstić information content (AvgIpc) is 2.54. The van der Waals surface area contributed by atoms with Crippen LogP contribution in [-0.2, 0) is 16.0 Å². The monoisotopic (exact) mass is 240 g/mol. The molecule has 6 heteroatoms. The molecule has 1 aromatic rings. The number of amides is 1. The van der Waals surface area contributed by atoms with Crippen molar-refractivity contribution in [3.05, 3.63) is 17.3 Å². The van der Waals surface area contributed by atoms with E-state index in [2.05, 4.69) is 10.3 Å². The summed E-state index contributed by atoms with van der Waals surface area (Å²) < 4.78 is 5.24. The molecule has 0 spiro atoms. The molecule has 1 amide bonds. The summed E-state index contributed by atoms with van der Waals surface area (Å²) in [6.45, 7) is 5.24. The van der Waals surface area contributed by atoms with E-state index >= 15 is 0 Å². The van der Waals surface area contributed by atoms with Crippen molar-refractivity contribution >= 4 is 11.9 Å². The second-order valence-electron chi connectivity index (χ2n) is 3.79. The van der Waals surface area contributed by atoms with Crippen molar-refractivity contribution in [2.45, 2.75) is 39.7 Å². The van der Waals surface area contributed by atoms with Gasteiger partial charge in [-0.2, -0.15) is 0 Å². The number of aromatic nitrogens is 1. The van der Waals surface area contributed by atoms with E-state index in [-0.39, 0.29) is 6.42 Å². The third kappa shape index (κ3) is 3.58. The van der Waals surface area contributed by atoms with E-state index in [1.807, 2.05) is 0 Å². The lowest BCUT2D eigenvalue weighted by Gasteiger charge is -2.10. The molecule has 1 heterocycles. The third-order valence-electron chi connectivity index (χ3n) is 2.43. The first-order chi connectivity index (χ1) is 7.93. The molecule has 0 aliphatic heterocycles. The smallest absolute Gasteiger partial charge is 0.326 e. The summed E-state index contributed by atoms with van der Waals surface area (Å²) in [5.74, 6) is -0.475. The maximum absolute atomic E-state index is 11.5. The lowest BCUT2D eigenvalue weighted by Crippen LogP contribution is -2.41. The first-order valence-corrected chi connectivity index (χ1v) is 5.39. The zero-order chi connectivity index (χ0) is 13.0. The van der Waals surface area contributed by atoms with Gasteiger partial charge in [0.05, 0.1) is 5.69 Å². The molecule has 0 saturated heterocycles. The van der Waals surface area contributed by atoms with E-state index in [0.29, 0.717) is 18.1 Å². The van der Waals surface area contributed by atoms with E-state index in [9.17, 15) is 9.59 Å². The summed E-state index contributed by atoms with van der Waals surface area (Å²) in [7, 11) is 0. The minimum Gasteiger partial charge on any atom is -0.480 e. The van der Waals surface area contributed by atoms with Crippen LogP contribution in [-0.4, -0.2) is 28.0 Å². The Balaban J connectivity index is 2.57. The average molecular weight is 240 g/mol. The summed E-state index contributed by atoms with van der Waals surface area (Å²) in [4.78, 5) is 26.3. The van der Waals surface area contributed by atoms with Crippen molar-refractivity contribution in [3.63, 3.8) is 0 Å². The van der Waals surface area contributed by atoms with E-state index in [0.717, 1.165) is 5.69 Å². The van der Waals surface area contributed by atoms with Crippen molar-refractivity contribution in [1.82, 2.24) is 10.3 Å². The van der Waals surface area contributed by atoms with Gasteiger partial charge in [-0.25, -0.2) is 9.78 Å². The summed E-state index contributed by atoms with van der Waals surface area (Å²) in [5.41, 5.74) is 0.734. The summed E-state index contributed by atoms with van der Waals surface area (Å²) >= 11 is 0. The fraction of sp³-hybridized carbons (Fsp3) is 0.545. The van der Waals surface area contributed by atoms with Gasteiger partial charge in [0.25, 0.3) is 0 Å². The van der Waals surface area contributed by atoms with Crippen molar-refractivity contribution < 1.29 is 19.1 Å². The number of oxazole rings is 1. The van der Waals surface area contributed by atoms with Crippen LogP contribution in [0.15, 0.2) is 4.42 Å². The summed E-state index contributed by atoms with van der Waals surface area (Å²) in [5, 5.41) is 11.2. The Bertz CT molecular complexity index is 406. The lowest BCUT2D eigenvalue weighted by molar-refractivity contribution is -0.141. The first-order valence-electron chi connectivity index (χ1n) is 5.39. The predicted molar refractivity (Wildman–Crippen MR) is 59.5 cm³/mol. The molecule has 1 rings (SSSR count). The van der Waals surface area contributed by atoms with E-state index in [1.54, 1.807) is 20.8 Å². The maximum Gasteiger partial charge on any atom is 0.326 e. The van der Waals surface area contributed by atoms with Gasteiger partial charge in [0.1, 0.15) is 18.2 Å². The van der Waals surface area contributed by atoms with Gasteiger partial charge in [-0.15, -0.1) is 0 Å². The van der Waals surface area contributed by atoms with Crippen LogP contribution in [0, 0.1) is 13.8 Å². The normalized spacial score (nSPS) is 12.2. The Hall–Kier alpha value is -1.85. The van der Waals surface area contributed by atoms with Gasteiger partial charge >= 0.3 is 5.97 Å². The van der Waals surface area contributed by atoms with Crippen LogP contribution in [0.25, 0.3) is 0 Å². The number of carboxylic acid groups (broad SMARTS) is 1. The molecule has 0 aromatic carbocycles. The van der Waals surface area contributed by atoms with Crippen LogP contribution in [0.4, 0.5) is 0 Å². The highest BCUT2D eigenvalue weighted by Gasteiger charge is 2.19.